The van der Waals surface area contributed by atoms with Gasteiger partial charge < -0.3 is 18.6 Å². The molecule has 13 aromatic carbocycles. The molecule has 1 spiro atoms. The van der Waals surface area contributed by atoms with Crippen molar-refractivity contribution in [1.29, 1.82) is 0 Å². The van der Waals surface area contributed by atoms with Crippen molar-refractivity contribution in [2.24, 2.45) is 0 Å². The van der Waals surface area contributed by atoms with Gasteiger partial charge in [-0.15, -0.1) is 0 Å². The summed E-state index contributed by atoms with van der Waals surface area (Å²) in [6, 6.07) is 108. The first-order chi connectivity index (χ1) is 44.4. The Kier molecular flexibility index (Phi) is 12.3. The molecule has 2 aromatic heterocycles. The SMILES string of the molecule is CC(C)(C)c1ccc(N(c2ccc(-c3ccccc3)cc2)c2cc3c(c4oc5ccccc5c24)-c2c(cc(N(c4ccc(C(C)(C)C)cc4)c4ccc(-c5ccccc5)cc4-c4ccccc4)c4c2oc2ccccc24)C32c3ccccc3-c3ccccc32)cc1. The summed E-state index contributed by atoms with van der Waals surface area (Å²) in [5, 5.41) is 4.13. The van der Waals surface area contributed by atoms with Crippen LogP contribution in [-0.2, 0) is 16.2 Å². The molecule has 2 heterocycles. The van der Waals surface area contributed by atoms with E-state index in [2.05, 4.69) is 343 Å². The quantitative estimate of drug-likeness (QED) is 0.144. The average Bonchev–Trinajstić information content (AvgIpc) is 1.49. The number of hydrogen-bond acceptors (Lipinski definition) is 4. The summed E-state index contributed by atoms with van der Waals surface area (Å²) in [6.07, 6.45) is 0. The number of rotatable bonds is 9. The molecule has 0 radical (unpaired) electrons. The van der Waals surface area contributed by atoms with E-state index < -0.39 is 5.41 Å². The zero-order valence-electron chi connectivity index (χ0n) is 51.9. The van der Waals surface area contributed by atoms with Crippen molar-refractivity contribution in [3.63, 3.8) is 0 Å². The Morgan fingerprint density at radius 2 is 0.659 bits per heavy atom. The minimum atomic E-state index is -0.887. The first-order valence-electron chi connectivity index (χ1n) is 31.8. The molecule has 0 atom stereocenters. The average molecular weight is 1170 g/mol. The number of benzene rings is 13. The highest BCUT2D eigenvalue weighted by molar-refractivity contribution is 6.25. The number of nitrogens with zero attached hydrogens (tertiary/aromatic N) is 2. The molecule has 0 saturated carbocycles. The third-order valence-electron chi connectivity index (χ3n) is 19.4. The summed E-state index contributed by atoms with van der Waals surface area (Å²) in [5.74, 6) is 0. The van der Waals surface area contributed by atoms with Gasteiger partial charge in [0.1, 0.15) is 22.3 Å². The maximum atomic E-state index is 7.70. The molecule has 91 heavy (non-hydrogen) atoms. The van der Waals surface area contributed by atoms with E-state index in [0.29, 0.717) is 0 Å². The normalized spacial score (nSPS) is 13.0. The maximum Gasteiger partial charge on any atom is 0.145 e. The molecule has 436 valence electrons. The van der Waals surface area contributed by atoms with E-state index in [1.807, 2.05) is 0 Å². The minimum absolute atomic E-state index is 0.0509. The number of hydrogen-bond donors (Lipinski definition) is 0. The molecule has 15 aromatic rings. The zero-order valence-corrected chi connectivity index (χ0v) is 51.9. The minimum Gasteiger partial charge on any atom is -0.455 e. The third-order valence-corrected chi connectivity index (χ3v) is 19.4. The summed E-state index contributed by atoms with van der Waals surface area (Å²) >= 11 is 0. The Balaban J connectivity index is 1.03. The van der Waals surface area contributed by atoms with Crippen LogP contribution in [0.4, 0.5) is 34.1 Å². The van der Waals surface area contributed by atoms with Crippen LogP contribution in [0, 0.1) is 0 Å². The fourth-order valence-corrected chi connectivity index (χ4v) is 15.0. The van der Waals surface area contributed by atoms with Gasteiger partial charge in [-0.05, 0) is 156 Å². The highest BCUT2D eigenvalue weighted by Gasteiger charge is 2.55. The number of para-hydroxylation sites is 2. The van der Waals surface area contributed by atoms with E-state index >= 15 is 0 Å². The first-order valence-corrected chi connectivity index (χ1v) is 31.8. The molecule has 0 unspecified atom stereocenters. The molecule has 17 rings (SSSR count). The van der Waals surface area contributed by atoms with Gasteiger partial charge in [0.05, 0.1) is 33.2 Å². The molecule has 0 amide bonds. The van der Waals surface area contributed by atoms with Crippen LogP contribution in [0.5, 0.6) is 0 Å². The zero-order chi connectivity index (χ0) is 61.3. The standard InChI is InChI=1S/C87H66N2O2/c1-85(2,3)60-41-47-63(48-42-60)88(62-45-38-57(39-46-62)55-24-10-7-11-25-55)75-53-72-81(83-79(75)67-32-18-22-36-77(67)90-83)82-73(87(72)70-34-20-16-30-65(70)66-31-17-21-35-71(66)87)54-76(80-68-33-19-23-37-78(68)91-84(80)82)89(64-49-43-61(44-50-64)86(4,5)6)74-51-40-59(56-26-12-8-13-27-56)52-69(74)58-28-14-9-15-29-58/h7-54H,1-6H3. The van der Waals surface area contributed by atoms with Gasteiger partial charge in [0.15, 0.2) is 0 Å². The van der Waals surface area contributed by atoms with Gasteiger partial charge in [0.2, 0.25) is 0 Å². The van der Waals surface area contributed by atoms with Crippen molar-refractivity contribution in [2.75, 3.05) is 9.80 Å². The van der Waals surface area contributed by atoms with Crippen LogP contribution in [-0.4, -0.2) is 0 Å². The van der Waals surface area contributed by atoms with Gasteiger partial charge in [-0.25, -0.2) is 0 Å². The summed E-state index contributed by atoms with van der Waals surface area (Å²) in [6.45, 7) is 13.7. The molecular weight excluding hydrogens is 1100 g/mol. The molecule has 0 saturated heterocycles. The molecule has 0 N–H and O–H groups in total. The lowest BCUT2D eigenvalue weighted by molar-refractivity contribution is 0.590. The van der Waals surface area contributed by atoms with E-state index in [-0.39, 0.29) is 10.8 Å². The van der Waals surface area contributed by atoms with Gasteiger partial charge in [0.25, 0.3) is 0 Å². The molecular formula is C87H66N2O2. The summed E-state index contributed by atoms with van der Waals surface area (Å²) in [7, 11) is 0. The molecule has 4 heteroatoms. The summed E-state index contributed by atoms with van der Waals surface area (Å²) in [4.78, 5) is 5.01. The number of anilines is 6. The van der Waals surface area contributed by atoms with Crippen LogP contribution < -0.4 is 9.80 Å². The molecule has 0 fully saturated rings. The second-order valence-electron chi connectivity index (χ2n) is 26.7. The van der Waals surface area contributed by atoms with Crippen LogP contribution >= 0.6 is 0 Å². The van der Waals surface area contributed by atoms with Crippen LogP contribution in [0.25, 0.3) is 99.5 Å². The largest absolute Gasteiger partial charge is 0.455 e. The molecule has 0 bridgehead atoms. The molecule has 4 nitrogen and oxygen atoms in total. The van der Waals surface area contributed by atoms with Gasteiger partial charge in [-0.3, -0.25) is 0 Å². The third kappa shape index (κ3) is 8.43. The smallest absolute Gasteiger partial charge is 0.145 e. The van der Waals surface area contributed by atoms with Crippen LogP contribution in [0.1, 0.15) is 74.9 Å². The van der Waals surface area contributed by atoms with Crippen molar-refractivity contribution in [2.45, 2.75) is 57.8 Å². The van der Waals surface area contributed by atoms with Gasteiger partial charge in [0, 0.05) is 44.5 Å². The van der Waals surface area contributed by atoms with Crippen molar-refractivity contribution in [3.8, 4) is 55.6 Å². The number of fused-ring (bicyclic) bond motifs is 18. The Morgan fingerprint density at radius 1 is 0.286 bits per heavy atom. The van der Waals surface area contributed by atoms with E-state index in [0.717, 1.165) is 128 Å². The van der Waals surface area contributed by atoms with Gasteiger partial charge in [-0.2, -0.15) is 0 Å². The lowest BCUT2D eigenvalue weighted by Crippen LogP contribution is -2.26. The second-order valence-corrected chi connectivity index (χ2v) is 26.7. The fraction of sp³-hybridized carbons (Fsp3) is 0.103. The van der Waals surface area contributed by atoms with E-state index in [1.54, 1.807) is 0 Å². The lowest BCUT2D eigenvalue weighted by atomic mass is 9.70. The lowest BCUT2D eigenvalue weighted by Gasteiger charge is -2.34. The van der Waals surface area contributed by atoms with Gasteiger partial charge >= 0.3 is 0 Å². The Hall–Kier alpha value is -10.9. The highest BCUT2D eigenvalue weighted by Crippen LogP contribution is 2.68. The Morgan fingerprint density at radius 3 is 1.14 bits per heavy atom. The fourth-order valence-electron chi connectivity index (χ4n) is 15.0. The van der Waals surface area contributed by atoms with Gasteiger partial charge in [-0.1, -0.05) is 260 Å². The van der Waals surface area contributed by atoms with Crippen molar-refractivity contribution >= 4 is 78.0 Å². The molecule has 0 aliphatic heterocycles. The van der Waals surface area contributed by atoms with E-state index in [9.17, 15) is 0 Å². The predicted octanol–water partition coefficient (Wildman–Crippen LogP) is 24.4. The topological polar surface area (TPSA) is 32.8 Å². The van der Waals surface area contributed by atoms with Crippen molar-refractivity contribution in [1.82, 2.24) is 0 Å². The molecule has 2 aliphatic rings. The maximum absolute atomic E-state index is 7.70. The van der Waals surface area contributed by atoms with Crippen molar-refractivity contribution in [3.05, 3.63) is 325 Å². The van der Waals surface area contributed by atoms with E-state index in [4.69, 9.17) is 8.83 Å². The summed E-state index contributed by atoms with van der Waals surface area (Å²) < 4.78 is 15.3. The summed E-state index contributed by atoms with van der Waals surface area (Å²) in [5.41, 5.74) is 27.0. The number of furan rings is 2. The Labute approximate surface area is 531 Å². The molecule has 2 aliphatic carbocycles. The van der Waals surface area contributed by atoms with E-state index in [1.165, 1.54) is 38.9 Å². The highest BCUT2D eigenvalue weighted by atomic mass is 16.3. The Bertz CT molecular complexity index is 5290. The second kappa shape index (κ2) is 20.6. The van der Waals surface area contributed by atoms with Crippen LogP contribution in [0.2, 0.25) is 0 Å². The van der Waals surface area contributed by atoms with Crippen LogP contribution in [0.3, 0.4) is 0 Å². The first kappa shape index (κ1) is 54.2. The monoisotopic (exact) mass is 1170 g/mol. The van der Waals surface area contributed by atoms with Crippen molar-refractivity contribution < 1.29 is 8.83 Å². The van der Waals surface area contributed by atoms with Crippen LogP contribution in [0.15, 0.2) is 300 Å². The predicted molar refractivity (Wildman–Crippen MR) is 380 cm³/mol.